The van der Waals surface area contributed by atoms with Gasteiger partial charge in [0, 0.05) is 18.4 Å². The fourth-order valence-electron chi connectivity index (χ4n) is 2.87. The Morgan fingerprint density at radius 2 is 1.70 bits per heavy atom. The van der Waals surface area contributed by atoms with E-state index in [1.165, 1.54) is 17.7 Å². The van der Waals surface area contributed by atoms with Gasteiger partial charge in [-0.15, -0.1) is 0 Å². The lowest BCUT2D eigenvalue weighted by atomic mass is 9.86. The summed E-state index contributed by atoms with van der Waals surface area (Å²) in [5.74, 6) is 1.09. The minimum absolute atomic E-state index is 0.0346. The molecule has 0 unspecified atom stereocenters. The summed E-state index contributed by atoms with van der Waals surface area (Å²) in [7, 11) is 0. The van der Waals surface area contributed by atoms with E-state index in [-0.39, 0.29) is 11.2 Å². The summed E-state index contributed by atoms with van der Waals surface area (Å²) in [6.45, 7) is 7.25. The van der Waals surface area contributed by atoms with Gasteiger partial charge in [-0.25, -0.2) is 9.37 Å². The van der Waals surface area contributed by atoms with Gasteiger partial charge >= 0.3 is 0 Å². The van der Waals surface area contributed by atoms with Gasteiger partial charge in [-0.3, -0.25) is 0 Å². The summed E-state index contributed by atoms with van der Waals surface area (Å²) >= 11 is 0. The molecule has 27 heavy (non-hydrogen) atoms. The highest BCUT2D eigenvalue weighted by Crippen LogP contribution is 2.30. The fraction of sp³-hybridized carbons (Fsp3) is 0.273. The van der Waals surface area contributed by atoms with Crippen molar-refractivity contribution in [2.24, 2.45) is 0 Å². The van der Waals surface area contributed by atoms with Gasteiger partial charge in [0.05, 0.1) is 0 Å². The molecule has 5 heteroatoms. The third-order valence-electron chi connectivity index (χ3n) is 4.26. The normalized spacial score (nSPS) is 11.3. The van der Waals surface area contributed by atoms with Gasteiger partial charge in [0.1, 0.15) is 11.6 Å². The molecule has 0 radical (unpaired) electrons. The number of rotatable bonds is 6. The molecule has 2 aromatic carbocycles. The molecule has 0 amide bonds. The van der Waals surface area contributed by atoms with E-state index in [1.54, 1.807) is 18.3 Å². The first kappa shape index (κ1) is 18.8. The van der Waals surface area contributed by atoms with Gasteiger partial charge in [0.15, 0.2) is 0 Å². The molecular formula is C22H25FN4. The number of halogens is 1. The SMILES string of the molecule is CC(C)(C)c1ccccc1Nc1ccnc(NCCc2ccc(F)cc2)n1. The average Bonchev–Trinajstić information content (AvgIpc) is 2.63. The highest BCUT2D eigenvalue weighted by atomic mass is 19.1. The first-order valence-corrected chi connectivity index (χ1v) is 9.10. The van der Waals surface area contributed by atoms with Crippen LogP contribution in [0.1, 0.15) is 31.9 Å². The van der Waals surface area contributed by atoms with Crippen molar-refractivity contribution in [1.29, 1.82) is 0 Å². The number of anilines is 3. The van der Waals surface area contributed by atoms with Crippen LogP contribution in [0, 0.1) is 5.82 Å². The minimum atomic E-state index is -0.218. The lowest BCUT2D eigenvalue weighted by Gasteiger charge is -2.23. The standard InChI is InChI=1S/C22H25FN4/c1-22(2,3)18-6-4-5-7-19(18)26-20-13-15-25-21(27-20)24-14-12-16-8-10-17(23)11-9-16/h4-11,13,15H,12,14H2,1-3H3,(H2,24,25,26,27). The van der Waals surface area contributed by atoms with Gasteiger partial charge in [0.25, 0.3) is 0 Å². The number of hydrogen-bond donors (Lipinski definition) is 2. The molecule has 1 heterocycles. The largest absolute Gasteiger partial charge is 0.354 e. The van der Waals surface area contributed by atoms with Crippen LogP contribution >= 0.6 is 0 Å². The van der Waals surface area contributed by atoms with E-state index in [1.807, 2.05) is 18.2 Å². The molecule has 0 saturated carbocycles. The first-order chi connectivity index (χ1) is 12.9. The van der Waals surface area contributed by atoms with Gasteiger partial charge in [0.2, 0.25) is 5.95 Å². The fourth-order valence-corrected chi connectivity index (χ4v) is 2.87. The molecule has 0 fully saturated rings. The number of benzene rings is 2. The van der Waals surface area contributed by atoms with Crippen molar-refractivity contribution in [1.82, 2.24) is 9.97 Å². The molecule has 0 bridgehead atoms. The number of hydrogen-bond acceptors (Lipinski definition) is 4. The summed E-state index contributed by atoms with van der Waals surface area (Å²) in [5.41, 5.74) is 3.38. The summed E-state index contributed by atoms with van der Waals surface area (Å²) < 4.78 is 13.0. The summed E-state index contributed by atoms with van der Waals surface area (Å²) in [5, 5.41) is 6.62. The first-order valence-electron chi connectivity index (χ1n) is 9.10. The molecule has 140 valence electrons. The van der Waals surface area contributed by atoms with E-state index in [4.69, 9.17) is 0 Å². The predicted molar refractivity (Wildman–Crippen MR) is 109 cm³/mol. The number of nitrogens with zero attached hydrogens (tertiary/aromatic N) is 2. The smallest absolute Gasteiger partial charge is 0.224 e. The quantitative estimate of drug-likeness (QED) is 0.622. The molecule has 4 nitrogen and oxygen atoms in total. The average molecular weight is 364 g/mol. The van der Waals surface area contributed by atoms with Crippen molar-refractivity contribution in [3.63, 3.8) is 0 Å². The number of aromatic nitrogens is 2. The van der Waals surface area contributed by atoms with Crippen LogP contribution < -0.4 is 10.6 Å². The summed E-state index contributed by atoms with van der Waals surface area (Å²) in [6.07, 6.45) is 2.50. The van der Waals surface area contributed by atoms with Gasteiger partial charge in [-0.1, -0.05) is 51.1 Å². The zero-order valence-electron chi connectivity index (χ0n) is 16.0. The van der Waals surface area contributed by atoms with E-state index in [0.29, 0.717) is 12.5 Å². The molecule has 1 aromatic heterocycles. The minimum Gasteiger partial charge on any atom is -0.354 e. The van der Waals surface area contributed by atoms with Crippen molar-refractivity contribution >= 4 is 17.5 Å². The predicted octanol–water partition coefficient (Wildman–Crippen LogP) is 5.31. The molecule has 0 saturated heterocycles. The molecule has 0 aliphatic heterocycles. The summed E-state index contributed by atoms with van der Waals surface area (Å²) in [6, 6.07) is 16.6. The van der Waals surface area contributed by atoms with E-state index >= 15 is 0 Å². The zero-order chi connectivity index (χ0) is 19.3. The zero-order valence-corrected chi connectivity index (χ0v) is 16.0. The van der Waals surface area contributed by atoms with Crippen molar-refractivity contribution < 1.29 is 4.39 Å². The number of nitrogens with one attached hydrogen (secondary N) is 2. The monoisotopic (exact) mass is 364 g/mol. The molecule has 3 rings (SSSR count). The van der Waals surface area contributed by atoms with Crippen molar-refractivity contribution in [2.75, 3.05) is 17.2 Å². The molecule has 0 atom stereocenters. The van der Waals surface area contributed by atoms with Crippen LogP contribution in [0.2, 0.25) is 0 Å². The van der Waals surface area contributed by atoms with Crippen LogP contribution in [0.3, 0.4) is 0 Å². The van der Waals surface area contributed by atoms with Crippen LogP contribution in [0.5, 0.6) is 0 Å². The van der Waals surface area contributed by atoms with Crippen LogP contribution in [0.15, 0.2) is 60.8 Å². The maximum absolute atomic E-state index is 13.0. The lowest BCUT2D eigenvalue weighted by molar-refractivity contribution is 0.592. The highest BCUT2D eigenvalue weighted by molar-refractivity contribution is 5.62. The van der Waals surface area contributed by atoms with E-state index in [9.17, 15) is 4.39 Å². The Morgan fingerprint density at radius 3 is 2.44 bits per heavy atom. The lowest BCUT2D eigenvalue weighted by Crippen LogP contribution is -2.14. The molecular weight excluding hydrogens is 339 g/mol. The topological polar surface area (TPSA) is 49.8 Å². The maximum atomic E-state index is 13.0. The molecule has 0 aliphatic carbocycles. The molecule has 2 N–H and O–H groups in total. The van der Waals surface area contributed by atoms with E-state index in [2.05, 4.69) is 53.5 Å². The second-order valence-corrected chi connectivity index (χ2v) is 7.49. The number of para-hydroxylation sites is 1. The Labute approximate surface area is 159 Å². The second kappa shape index (κ2) is 8.16. The van der Waals surface area contributed by atoms with Crippen LogP contribution in [-0.4, -0.2) is 16.5 Å². The van der Waals surface area contributed by atoms with Crippen LogP contribution in [0.25, 0.3) is 0 Å². The van der Waals surface area contributed by atoms with Crippen molar-refractivity contribution in [2.45, 2.75) is 32.6 Å². The van der Waals surface area contributed by atoms with Gasteiger partial charge in [-0.2, -0.15) is 4.98 Å². The second-order valence-electron chi connectivity index (χ2n) is 7.49. The van der Waals surface area contributed by atoms with Gasteiger partial charge < -0.3 is 10.6 Å². The van der Waals surface area contributed by atoms with Crippen LogP contribution in [0.4, 0.5) is 21.8 Å². The molecule has 0 spiro atoms. The Hall–Kier alpha value is -2.95. The van der Waals surface area contributed by atoms with Crippen LogP contribution in [-0.2, 0) is 11.8 Å². The third-order valence-corrected chi connectivity index (χ3v) is 4.26. The van der Waals surface area contributed by atoms with Crippen molar-refractivity contribution in [3.8, 4) is 0 Å². The van der Waals surface area contributed by atoms with Gasteiger partial charge in [-0.05, 0) is 47.2 Å². The highest BCUT2D eigenvalue weighted by Gasteiger charge is 2.17. The summed E-state index contributed by atoms with van der Waals surface area (Å²) in [4.78, 5) is 8.82. The Bertz CT molecular complexity index is 885. The Morgan fingerprint density at radius 1 is 0.963 bits per heavy atom. The molecule has 0 aliphatic rings. The van der Waals surface area contributed by atoms with E-state index in [0.717, 1.165) is 23.5 Å². The Kier molecular flexibility index (Phi) is 5.69. The van der Waals surface area contributed by atoms with E-state index < -0.39 is 0 Å². The maximum Gasteiger partial charge on any atom is 0.224 e. The molecule has 3 aromatic rings. The third kappa shape index (κ3) is 5.26. The Balaban J connectivity index is 1.65. The van der Waals surface area contributed by atoms with Crippen molar-refractivity contribution in [3.05, 3.63) is 77.7 Å².